The smallest absolute Gasteiger partial charge is 0.0993 e. The van der Waals surface area contributed by atoms with Gasteiger partial charge in [0.05, 0.1) is 22.6 Å². The van der Waals surface area contributed by atoms with E-state index in [9.17, 15) is 4.21 Å². The van der Waals surface area contributed by atoms with Crippen molar-refractivity contribution in [1.29, 1.82) is 4.78 Å². The molecule has 0 radical (unpaired) electrons. The molecule has 0 saturated carbocycles. The molecule has 72 valence electrons. The van der Waals surface area contributed by atoms with Gasteiger partial charge in [-0.1, -0.05) is 12.2 Å². The molecule has 0 saturated heterocycles. The van der Waals surface area contributed by atoms with E-state index in [1.54, 1.807) is 25.3 Å². The number of hydrogen-bond donors (Lipinski definition) is 1. The van der Waals surface area contributed by atoms with Gasteiger partial charge in [0.25, 0.3) is 0 Å². The van der Waals surface area contributed by atoms with Gasteiger partial charge in [-0.3, -0.25) is 0 Å². The summed E-state index contributed by atoms with van der Waals surface area (Å²) in [5, 5.41) is 0. The van der Waals surface area contributed by atoms with Gasteiger partial charge in [-0.25, -0.2) is 8.99 Å². The fourth-order valence-electron chi connectivity index (χ4n) is 1.03. The number of methoxy groups -OCH3 is 1. The van der Waals surface area contributed by atoms with E-state index in [-0.39, 0.29) is 0 Å². The van der Waals surface area contributed by atoms with Crippen LogP contribution in [0.4, 0.5) is 0 Å². The Morgan fingerprint density at radius 1 is 1.62 bits per heavy atom. The average molecular weight is 199 g/mol. The lowest BCUT2D eigenvalue weighted by molar-refractivity contribution is 0.285. The third-order valence-corrected chi connectivity index (χ3v) is 2.96. The van der Waals surface area contributed by atoms with E-state index in [0.717, 1.165) is 5.76 Å². The Hall–Kier alpha value is -1.03. The van der Waals surface area contributed by atoms with Crippen molar-refractivity contribution >= 4 is 9.73 Å². The lowest BCUT2D eigenvalue weighted by atomic mass is 10.3. The standard InChI is InChI=1S/C9H13NO2S/c1-12-8-4-3-5-9(7-6-8)13(2,10)11/h3-5,7,10H,6H2,1-2H3. The molecular weight excluding hydrogens is 186 g/mol. The molecule has 1 unspecified atom stereocenters. The molecule has 1 atom stereocenters. The van der Waals surface area contributed by atoms with Crippen molar-refractivity contribution in [2.75, 3.05) is 13.4 Å². The predicted molar refractivity (Wildman–Crippen MR) is 53.7 cm³/mol. The Labute approximate surface area is 78.8 Å². The van der Waals surface area contributed by atoms with Crippen LogP contribution in [0.5, 0.6) is 0 Å². The topological polar surface area (TPSA) is 50.1 Å². The van der Waals surface area contributed by atoms with E-state index in [4.69, 9.17) is 9.52 Å². The van der Waals surface area contributed by atoms with Gasteiger partial charge in [0.15, 0.2) is 0 Å². The average Bonchev–Trinajstić information content (AvgIpc) is 2.26. The van der Waals surface area contributed by atoms with Gasteiger partial charge < -0.3 is 4.74 Å². The molecule has 1 aliphatic carbocycles. The molecule has 1 N–H and O–H groups in total. The van der Waals surface area contributed by atoms with Crippen molar-refractivity contribution in [3.05, 3.63) is 35.0 Å². The summed E-state index contributed by atoms with van der Waals surface area (Å²) in [4.78, 5) is 0.566. The first-order valence-corrected chi connectivity index (χ1v) is 5.86. The van der Waals surface area contributed by atoms with E-state index in [1.165, 1.54) is 6.26 Å². The van der Waals surface area contributed by atoms with Crippen molar-refractivity contribution in [1.82, 2.24) is 0 Å². The zero-order valence-corrected chi connectivity index (χ0v) is 8.56. The van der Waals surface area contributed by atoms with Crippen LogP contribution in [-0.2, 0) is 14.5 Å². The monoisotopic (exact) mass is 199 g/mol. The molecule has 0 aromatic heterocycles. The van der Waals surface area contributed by atoms with Gasteiger partial charge in [0, 0.05) is 17.6 Å². The highest BCUT2D eigenvalue weighted by molar-refractivity contribution is 7.95. The molecule has 3 nitrogen and oxygen atoms in total. The third-order valence-electron chi connectivity index (χ3n) is 1.76. The molecule has 0 fully saturated rings. The zero-order chi connectivity index (χ0) is 9.90. The lowest BCUT2D eigenvalue weighted by Crippen LogP contribution is -1.95. The number of hydrogen-bond acceptors (Lipinski definition) is 3. The zero-order valence-electron chi connectivity index (χ0n) is 7.74. The number of nitrogens with one attached hydrogen (secondary N) is 1. The molecule has 4 heteroatoms. The predicted octanol–water partition coefficient (Wildman–Crippen LogP) is 2.04. The summed E-state index contributed by atoms with van der Waals surface area (Å²) in [6.07, 6.45) is 9.06. The highest BCUT2D eigenvalue weighted by atomic mass is 32.2. The summed E-state index contributed by atoms with van der Waals surface area (Å²) in [6.45, 7) is 0. The highest BCUT2D eigenvalue weighted by Gasteiger charge is 2.06. The van der Waals surface area contributed by atoms with Crippen LogP contribution in [0.15, 0.2) is 35.0 Å². The van der Waals surface area contributed by atoms with Crippen LogP contribution < -0.4 is 0 Å². The normalized spacial score (nSPS) is 21.1. The summed E-state index contributed by atoms with van der Waals surface area (Å²) in [5.41, 5.74) is 0. The van der Waals surface area contributed by atoms with Crippen LogP contribution in [0, 0.1) is 4.78 Å². The molecule has 0 aromatic carbocycles. The Morgan fingerprint density at radius 3 is 2.85 bits per heavy atom. The maximum atomic E-state index is 11.4. The summed E-state index contributed by atoms with van der Waals surface area (Å²) in [7, 11) is -0.996. The van der Waals surface area contributed by atoms with Crippen LogP contribution in [0.2, 0.25) is 0 Å². The molecule has 0 spiro atoms. The SMILES string of the molecule is COC1=CC=CC(S(C)(=N)=O)=CC1. The van der Waals surface area contributed by atoms with Gasteiger partial charge in [-0.15, -0.1) is 0 Å². The van der Waals surface area contributed by atoms with Crippen molar-refractivity contribution in [2.45, 2.75) is 6.42 Å². The summed E-state index contributed by atoms with van der Waals surface area (Å²) >= 11 is 0. The molecule has 0 heterocycles. The molecule has 13 heavy (non-hydrogen) atoms. The first-order valence-electron chi connectivity index (χ1n) is 3.89. The minimum atomic E-state index is -2.60. The van der Waals surface area contributed by atoms with Gasteiger partial charge in [0.1, 0.15) is 0 Å². The van der Waals surface area contributed by atoms with Crippen LogP contribution in [0.3, 0.4) is 0 Å². The Bertz CT molecular complexity index is 374. The second-order valence-corrected chi connectivity index (χ2v) is 5.01. The molecule has 0 amide bonds. The van der Waals surface area contributed by atoms with E-state index in [2.05, 4.69) is 0 Å². The number of allylic oxidation sites excluding steroid dienone is 4. The van der Waals surface area contributed by atoms with Crippen molar-refractivity contribution < 1.29 is 8.95 Å². The second kappa shape index (κ2) is 3.79. The Morgan fingerprint density at radius 2 is 2.31 bits per heavy atom. The van der Waals surface area contributed by atoms with Crippen LogP contribution in [0.25, 0.3) is 0 Å². The second-order valence-electron chi connectivity index (χ2n) is 2.85. The lowest BCUT2D eigenvalue weighted by Gasteiger charge is -2.01. The summed E-state index contributed by atoms with van der Waals surface area (Å²) in [5.74, 6) is 0.815. The summed E-state index contributed by atoms with van der Waals surface area (Å²) < 4.78 is 23.8. The van der Waals surface area contributed by atoms with E-state index < -0.39 is 9.73 Å². The quantitative estimate of drug-likeness (QED) is 0.739. The fourth-order valence-corrected chi connectivity index (χ4v) is 1.77. The number of rotatable bonds is 2. The Kier molecular flexibility index (Phi) is 2.93. The van der Waals surface area contributed by atoms with Crippen molar-refractivity contribution in [3.63, 3.8) is 0 Å². The van der Waals surface area contributed by atoms with Crippen LogP contribution in [0.1, 0.15) is 6.42 Å². The Balaban J connectivity index is 2.93. The largest absolute Gasteiger partial charge is 0.501 e. The van der Waals surface area contributed by atoms with E-state index >= 15 is 0 Å². The number of ether oxygens (including phenoxy) is 1. The van der Waals surface area contributed by atoms with Crippen LogP contribution in [-0.4, -0.2) is 17.6 Å². The van der Waals surface area contributed by atoms with E-state index in [1.807, 2.05) is 6.08 Å². The van der Waals surface area contributed by atoms with Crippen molar-refractivity contribution in [2.24, 2.45) is 0 Å². The van der Waals surface area contributed by atoms with E-state index in [0.29, 0.717) is 11.3 Å². The molecule has 0 aromatic rings. The van der Waals surface area contributed by atoms with Gasteiger partial charge in [0.2, 0.25) is 0 Å². The third kappa shape index (κ3) is 2.73. The minimum absolute atomic E-state index is 0.566. The summed E-state index contributed by atoms with van der Waals surface area (Å²) in [6, 6.07) is 0. The van der Waals surface area contributed by atoms with Crippen molar-refractivity contribution in [3.8, 4) is 0 Å². The van der Waals surface area contributed by atoms with Gasteiger partial charge in [-0.2, -0.15) is 0 Å². The maximum Gasteiger partial charge on any atom is 0.0993 e. The molecule has 0 bridgehead atoms. The molecule has 0 aliphatic heterocycles. The fraction of sp³-hybridized carbons (Fsp3) is 0.333. The molecular formula is C9H13NO2S. The van der Waals surface area contributed by atoms with Crippen LogP contribution >= 0.6 is 0 Å². The molecule has 1 rings (SSSR count). The first-order chi connectivity index (χ1) is 6.04. The minimum Gasteiger partial charge on any atom is -0.501 e. The maximum absolute atomic E-state index is 11.4. The first kappa shape index (κ1) is 10.1. The van der Waals surface area contributed by atoms with Gasteiger partial charge in [-0.05, 0) is 12.2 Å². The molecule has 1 aliphatic rings. The highest BCUT2D eigenvalue weighted by Crippen LogP contribution is 2.16. The van der Waals surface area contributed by atoms with Gasteiger partial charge >= 0.3 is 0 Å².